The monoisotopic (exact) mass is 979 g/mol. The first-order valence-electron chi connectivity index (χ1n) is 26.3. The summed E-state index contributed by atoms with van der Waals surface area (Å²) in [6, 6.07) is 37.7. The fourth-order valence-corrected chi connectivity index (χ4v) is 8.93. The van der Waals surface area contributed by atoms with E-state index in [0.29, 0.717) is 39.1 Å². The van der Waals surface area contributed by atoms with E-state index >= 15 is 0 Å². The largest absolute Gasteiger partial charge is 0.500 e. The zero-order chi connectivity index (χ0) is 51.9. The van der Waals surface area contributed by atoms with E-state index in [2.05, 4.69) is 74.1 Å². The zero-order valence-corrected chi connectivity index (χ0v) is 37.6. The number of nitrogens with zero attached hydrogens (tertiary/aromatic N) is 2. The molecule has 1 saturated carbocycles. The number of pyridine rings is 2. The second-order valence-corrected chi connectivity index (χ2v) is 18.0. The van der Waals surface area contributed by atoms with Crippen LogP contribution >= 0.6 is 0 Å². The Hall–Kier alpha value is -4.89. The van der Waals surface area contributed by atoms with Crippen molar-refractivity contribution < 1.29 is 41.0 Å². The van der Waals surface area contributed by atoms with E-state index in [1.54, 1.807) is 39.0 Å². The molecule has 4 heteroatoms. The van der Waals surface area contributed by atoms with E-state index < -0.39 is 49.1 Å². The Bertz CT molecular complexity index is 3280. The van der Waals surface area contributed by atoms with Crippen molar-refractivity contribution in [1.82, 2.24) is 9.97 Å². The summed E-state index contributed by atoms with van der Waals surface area (Å²) in [5.41, 5.74) is 3.62. The average molecular weight is 979 g/mol. The molecule has 3 aromatic heterocycles. The number of aromatic nitrogens is 2. The molecule has 1 aliphatic carbocycles. The van der Waals surface area contributed by atoms with Gasteiger partial charge < -0.3 is 14.4 Å². The van der Waals surface area contributed by atoms with E-state index in [1.807, 2.05) is 48.5 Å². The second kappa shape index (κ2) is 16.9. The molecule has 0 aliphatic heterocycles. The molecule has 60 heavy (non-hydrogen) atoms. The van der Waals surface area contributed by atoms with Crippen LogP contribution in [0.25, 0.3) is 66.4 Å². The summed E-state index contributed by atoms with van der Waals surface area (Å²) in [7, 11) is 0. The van der Waals surface area contributed by atoms with E-state index in [-0.39, 0.29) is 48.1 Å². The van der Waals surface area contributed by atoms with Crippen LogP contribution in [0.3, 0.4) is 0 Å². The maximum absolute atomic E-state index is 9.98. The Kier molecular flexibility index (Phi) is 8.49. The molecule has 9 rings (SSSR count). The van der Waals surface area contributed by atoms with Gasteiger partial charge in [0.2, 0.25) is 0 Å². The molecule has 8 aromatic rings. The van der Waals surface area contributed by atoms with Crippen molar-refractivity contribution in [3.8, 4) is 33.6 Å². The van der Waals surface area contributed by atoms with Gasteiger partial charge in [0.05, 0.1) is 5.58 Å². The third-order valence-electron chi connectivity index (χ3n) is 11.4. The van der Waals surface area contributed by atoms with Crippen LogP contribution in [0.4, 0.5) is 0 Å². The van der Waals surface area contributed by atoms with Gasteiger partial charge in [-0.2, -0.15) is 0 Å². The number of fused-ring (bicyclic) bond motifs is 5. The van der Waals surface area contributed by atoms with Crippen molar-refractivity contribution in [2.45, 2.75) is 101 Å². The van der Waals surface area contributed by atoms with Gasteiger partial charge in [0, 0.05) is 59.7 Å². The maximum Gasteiger partial charge on any atom is 0.128 e. The van der Waals surface area contributed by atoms with Gasteiger partial charge in [0.1, 0.15) is 5.58 Å². The van der Waals surface area contributed by atoms with Gasteiger partial charge in [0.15, 0.2) is 0 Å². The smallest absolute Gasteiger partial charge is 0.128 e. The normalized spacial score (nSPS) is 19.4. The summed E-state index contributed by atoms with van der Waals surface area (Å²) in [5, 5.41) is 4.11. The first-order chi connectivity index (χ1) is 32.9. The Morgan fingerprint density at radius 3 is 2.18 bits per heavy atom. The number of hydrogen-bond acceptors (Lipinski definition) is 3. The summed E-state index contributed by atoms with van der Waals surface area (Å²) in [6.45, 7) is 6.21. The Labute approximate surface area is 388 Å². The molecule has 309 valence electrons. The number of benzene rings is 5. The molecular weight excluding hydrogens is 909 g/mol. The molecule has 0 bridgehead atoms. The third kappa shape index (κ3) is 8.65. The van der Waals surface area contributed by atoms with Crippen LogP contribution in [0.15, 0.2) is 120 Å². The Morgan fingerprint density at radius 2 is 1.45 bits per heavy atom. The van der Waals surface area contributed by atoms with Crippen molar-refractivity contribution in [2.24, 2.45) is 16.2 Å². The minimum absolute atomic E-state index is 0. The van der Waals surface area contributed by atoms with Gasteiger partial charge >= 0.3 is 0 Å². The molecule has 0 unspecified atom stereocenters. The SMILES string of the molecule is [2H]C([2H])([2H])c1c[c-]c(-c2cc(C([2H])([2H])[2H])c(C([2H])([2H])C(C)(C)C)cn2)cc1-c1ccccc1.[2H]C([2H])([2H])c1cnc(-c2[c-]ccc3c2oc2c4ccccc4ccc32)cc1C1([2H])C(C)(C)CCCC1(C)C.[Ir]. The van der Waals surface area contributed by atoms with Crippen molar-refractivity contribution in [2.75, 3.05) is 0 Å². The van der Waals surface area contributed by atoms with Crippen LogP contribution in [-0.2, 0) is 26.5 Å². The van der Waals surface area contributed by atoms with Crippen molar-refractivity contribution in [1.29, 1.82) is 0 Å². The van der Waals surface area contributed by atoms with Gasteiger partial charge in [-0.25, -0.2) is 0 Å². The molecule has 0 saturated heterocycles. The van der Waals surface area contributed by atoms with Crippen LogP contribution in [0.5, 0.6) is 0 Å². The summed E-state index contributed by atoms with van der Waals surface area (Å²) < 4.78 is 106. The van der Waals surface area contributed by atoms with Gasteiger partial charge in [-0.05, 0) is 94.1 Å². The first kappa shape index (κ1) is 30.2. The number of furan rings is 1. The molecule has 1 fully saturated rings. The second-order valence-electron chi connectivity index (χ2n) is 18.0. The molecule has 1 aliphatic rings. The average Bonchev–Trinajstić information content (AvgIpc) is 3.69. The van der Waals surface area contributed by atoms with E-state index in [0.717, 1.165) is 46.4 Å². The molecule has 0 N–H and O–H groups in total. The Morgan fingerprint density at radius 1 is 0.750 bits per heavy atom. The molecular formula is C56H58IrN2O-2. The van der Waals surface area contributed by atoms with Gasteiger partial charge in [-0.3, -0.25) is 0 Å². The number of rotatable bonds is 5. The first-order valence-corrected chi connectivity index (χ1v) is 20.3. The summed E-state index contributed by atoms with van der Waals surface area (Å²) >= 11 is 0. The van der Waals surface area contributed by atoms with Crippen LogP contribution in [0.1, 0.15) is 118 Å². The summed E-state index contributed by atoms with van der Waals surface area (Å²) in [4.78, 5) is 9.01. The van der Waals surface area contributed by atoms with Gasteiger partial charge in [0.25, 0.3) is 0 Å². The molecule has 1 radical (unpaired) electrons. The predicted molar refractivity (Wildman–Crippen MR) is 249 cm³/mol. The van der Waals surface area contributed by atoms with E-state index in [4.69, 9.17) is 19.5 Å². The fraction of sp³-hybridized carbons (Fsp3) is 0.321. The molecule has 5 aromatic carbocycles. The minimum atomic E-state index is -2.56. The molecule has 3 heterocycles. The minimum Gasteiger partial charge on any atom is -0.500 e. The molecule has 0 amide bonds. The topological polar surface area (TPSA) is 38.9 Å². The Balaban J connectivity index is 0.000000211. The van der Waals surface area contributed by atoms with Crippen molar-refractivity contribution in [3.63, 3.8) is 0 Å². The molecule has 0 spiro atoms. The predicted octanol–water partition coefficient (Wildman–Crippen LogP) is 15.6. The third-order valence-corrected chi connectivity index (χ3v) is 11.4. The number of aryl methyl sites for hydroxylation is 3. The van der Waals surface area contributed by atoms with Crippen LogP contribution in [-0.4, -0.2) is 9.97 Å². The molecule has 3 nitrogen and oxygen atoms in total. The van der Waals surface area contributed by atoms with Gasteiger partial charge in [-0.1, -0.05) is 163 Å². The van der Waals surface area contributed by atoms with Crippen molar-refractivity contribution in [3.05, 3.63) is 155 Å². The van der Waals surface area contributed by atoms with Crippen molar-refractivity contribution >= 4 is 32.7 Å². The summed E-state index contributed by atoms with van der Waals surface area (Å²) in [5.74, 6) is -1.13. The summed E-state index contributed by atoms with van der Waals surface area (Å²) in [6.07, 6.45) is 3.52. The van der Waals surface area contributed by atoms with Crippen LogP contribution in [0.2, 0.25) is 0 Å². The zero-order valence-electron chi connectivity index (χ0n) is 47.2. The number of hydrogen-bond donors (Lipinski definition) is 0. The standard InChI is InChI=1S/C32H32NO.C24H26N.Ir/c1-20-19-33-27(18-26(20)30-31(2,3)16-9-17-32(30,4)5)25-13-8-12-23-24-15-14-21-10-6-7-11-22(21)28(24)34-29(23)25;1-17-11-12-20(14-22(17)19-9-7-6-8-10-19)23-13-18(2)21(16-25-23)15-24(3,4)5;/h6-8,10-12,14-15,18-19,30H,9,16-17H2,1-5H3;6-11,13-14,16H,15H2,1-5H3;/q2*-1;/i1D3,30D;1D3,2D3,15D2;. The molecule has 0 atom stereocenters. The maximum atomic E-state index is 9.98. The van der Waals surface area contributed by atoms with E-state index in [9.17, 15) is 1.37 Å². The van der Waals surface area contributed by atoms with Gasteiger partial charge in [-0.15, -0.1) is 47.5 Å². The van der Waals surface area contributed by atoms with E-state index in [1.165, 1.54) is 24.5 Å². The quantitative estimate of drug-likeness (QED) is 0.161. The van der Waals surface area contributed by atoms with Crippen LogP contribution < -0.4 is 0 Å². The van der Waals surface area contributed by atoms with Crippen LogP contribution in [0, 0.1) is 48.9 Å². The fourth-order valence-electron chi connectivity index (χ4n) is 8.93.